The minimum absolute atomic E-state index is 0.177. The predicted octanol–water partition coefficient (Wildman–Crippen LogP) is 5.19. The van der Waals surface area contributed by atoms with E-state index in [2.05, 4.69) is 52.4 Å². The highest BCUT2D eigenvalue weighted by atomic mass is 79.9. The largest absolute Gasteiger partial charge is 0.307 e. The van der Waals surface area contributed by atoms with Crippen molar-refractivity contribution in [1.82, 2.24) is 5.32 Å². The average Bonchev–Trinajstić information content (AvgIpc) is 2.43. The van der Waals surface area contributed by atoms with Gasteiger partial charge in [0.05, 0.1) is 0 Å². The number of halogens is 2. The molecule has 2 aromatic carbocycles. The van der Waals surface area contributed by atoms with E-state index in [1.165, 1.54) is 30.5 Å². The van der Waals surface area contributed by atoms with Crippen molar-refractivity contribution >= 4 is 15.9 Å². The first-order valence-electron chi connectivity index (χ1n) is 7.39. The Morgan fingerprint density at radius 3 is 2.52 bits per heavy atom. The third-order valence-corrected chi connectivity index (χ3v) is 4.81. The second-order valence-corrected chi connectivity index (χ2v) is 6.78. The van der Waals surface area contributed by atoms with Crippen LogP contribution in [-0.2, 0) is 0 Å². The molecule has 1 N–H and O–H groups in total. The van der Waals surface area contributed by atoms with E-state index in [0.717, 1.165) is 10.0 Å². The summed E-state index contributed by atoms with van der Waals surface area (Å²) in [6.07, 6.45) is 2.34. The van der Waals surface area contributed by atoms with Crippen LogP contribution in [0.15, 0.2) is 53.0 Å². The van der Waals surface area contributed by atoms with E-state index in [-0.39, 0.29) is 11.9 Å². The third kappa shape index (κ3) is 3.53. The van der Waals surface area contributed by atoms with Crippen LogP contribution in [0.25, 0.3) is 0 Å². The van der Waals surface area contributed by atoms with Crippen molar-refractivity contribution in [3.8, 4) is 0 Å². The molecule has 0 heterocycles. The Kier molecular flexibility index (Phi) is 4.41. The van der Waals surface area contributed by atoms with Gasteiger partial charge < -0.3 is 5.32 Å². The van der Waals surface area contributed by atoms with Crippen LogP contribution in [0, 0.1) is 5.82 Å². The molecule has 1 saturated carbocycles. The normalized spacial score (nSPS) is 22.6. The lowest BCUT2D eigenvalue weighted by Crippen LogP contribution is -2.41. The number of rotatable bonds is 4. The van der Waals surface area contributed by atoms with E-state index in [1.54, 1.807) is 0 Å². The van der Waals surface area contributed by atoms with Crippen LogP contribution < -0.4 is 5.32 Å². The molecule has 0 spiro atoms. The molecule has 0 unspecified atom stereocenters. The maximum absolute atomic E-state index is 12.9. The minimum Gasteiger partial charge on any atom is -0.307 e. The van der Waals surface area contributed by atoms with Crippen LogP contribution in [-0.4, -0.2) is 6.04 Å². The molecule has 21 heavy (non-hydrogen) atoms. The second-order valence-electron chi connectivity index (χ2n) is 5.86. The highest BCUT2D eigenvalue weighted by Gasteiger charge is 2.31. The molecule has 0 aliphatic heterocycles. The van der Waals surface area contributed by atoms with Gasteiger partial charge in [0, 0.05) is 16.6 Å². The number of hydrogen-bond donors (Lipinski definition) is 1. The van der Waals surface area contributed by atoms with Crippen molar-refractivity contribution in [2.45, 2.75) is 37.8 Å². The molecule has 3 heteroatoms. The molecule has 0 saturated heterocycles. The van der Waals surface area contributed by atoms with Crippen LogP contribution in [0.1, 0.15) is 42.9 Å². The van der Waals surface area contributed by atoms with Crippen molar-refractivity contribution in [2.75, 3.05) is 0 Å². The van der Waals surface area contributed by atoms with Crippen LogP contribution >= 0.6 is 15.9 Å². The molecule has 1 atom stereocenters. The lowest BCUT2D eigenvalue weighted by molar-refractivity contribution is 0.271. The molecule has 0 amide bonds. The fraction of sp³-hybridized carbons (Fsp3) is 0.333. The summed E-state index contributed by atoms with van der Waals surface area (Å²) >= 11 is 3.53. The van der Waals surface area contributed by atoms with Gasteiger partial charge in [-0.15, -0.1) is 0 Å². The Balaban J connectivity index is 1.54. The number of benzene rings is 2. The Morgan fingerprint density at radius 2 is 1.86 bits per heavy atom. The van der Waals surface area contributed by atoms with Gasteiger partial charge in [-0.2, -0.15) is 0 Å². The zero-order chi connectivity index (χ0) is 14.8. The van der Waals surface area contributed by atoms with E-state index in [9.17, 15) is 4.39 Å². The molecule has 3 rings (SSSR count). The van der Waals surface area contributed by atoms with Gasteiger partial charge in [0.25, 0.3) is 0 Å². The SMILES string of the molecule is C[C@H](NC1CC(c2cccc(Br)c2)C1)c1ccc(F)cc1. The summed E-state index contributed by atoms with van der Waals surface area (Å²) in [7, 11) is 0. The lowest BCUT2D eigenvalue weighted by Gasteiger charge is -2.38. The molecule has 1 aliphatic carbocycles. The van der Waals surface area contributed by atoms with Gasteiger partial charge in [0.2, 0.25) is 0 Å². The molecule has 0 aromatic heterocycles. The maximum atomic E-state index is 12.9. The maximum Gasteiger partial charge on any atom is 0.123 e. The Morgan fingerprint density at radius 1 is 1.14 bits per heavy atom. The molecule has 0 radical (unpaired) electrons. The average molecular weight is 348 g/mol. The molecule has 1 fully saturated rings. The lowest BCUT2D eigenvalue weighted by atomic mass is 9.75. The van der Waals surface area contributed by atoms with Crippen LogP contribution in [0.4, 0.5) is 4.39 Å². The molecule has 0 bridgehead atoms. The first-order chi connectivity index (χ1) is 10.1. The summed E-state index contributed by atoms with van der Waals surface area (Å²) < 4.78 is 14.1. The number of nitrogens with one attached hydrogen (secondary N) is 1. The van der Waals surface area contributed by atoms with Crippen LogP contribution in [0.3, 0.4) is 0 Å². The van der Waals surface area contributed by atoms with Gasteiger partial charge in [-0.3, -0.25) is 0 Å². The highest BCUT2D eigenvalue weighted by molar-refractivity contribution is 9.10. The quantitative estimate of drug-likeness (QED) is 0.802. The van der Waals surface area contributed by atoms with E-state index in [4.69, 9.17) is 0 Å². The van der Waals surface area contributed by atoms with Crippen LogP contribution in [0.5, 0.6) is 0 Å². The fourth-order valence-corrected chi connectivity index (χ4v) is 3.40. The zero-order valence-electron chi connectivity index (χ0n) is 12.0. The van der Waals surface area contributed by atoms with Gasteiger partial charge >= 0.3 is 0 Å². The summed E-state index contributed by atoms with van der Waals surface area (Å²) in [5.74, 6) is 0.477. The second kappa shape index (κ2) is 6.29. The minimum atomic E-state index is -0.177. The molecule has 1 aliphatic rings. The van der Waals surface area contributed by atoms with Gasteiger partial charge in [0.15, 0.2) is 0 Å². The first-order valence-corrected chi connectivity index (χ1v) is 8.18. The van der Waals surface area contributed by atoms with Gasteiger partial charge in [-0.25, -0.2) is 4.39 Å². The summed E-state index contributed by atoms with van der Waals surface area (Å²) in [5.41, 5.74) is 2.55. The fourth-order valence-electron chi connectivity index (χ4n) is 2.99. The summed E-state index contributed by atoms with van der Waals surface area (Å²) in [5, 5.41) is 3.63. The molecule has 2 aromatic rings. The van der Waals surface area contributed by atoms with Crippen molar-refractivity contribution < 1.29 is 4.39 Å². The summed E-state index contributed by atoms with van der Waals surface area (Å²) in [6, 6.07) is 16.2. The van der Waals surface area contributed by atoms with Gasteiger partial charge in [-0.1, -0.05) is 40.2 Å². The zero-order valence-corrected chi connectivity index (χ0v) is 13.6. The molecule has 1 nitrogen and oxygen atoms in total. The Hall–Kier alpha value is -1.19. The Bertz CT molecular complexity index is 605. The molecule has 110 valence electrons. The van der Waals surface area contributed by atoms with Crippen molar-refractivity contribution in [3.63, 3.8) is 0 Å². The van der Waals surface area contributed by atoms with Crippen LogP contribution in [0.2, 0.25) is 0 Å². The van der Waals surface area contributed by atoms with E-state index < -0.39 is 0 Å². The van der Waals surface area contributed by atoms with Crippen molar-refractivity contribution in [1.29, 1.82) is 0 Å². The topological polar surface area (TPSA) is 12.0 Å². The molecular formula is C18H19BrFN. The Labute approximate surface area is 133 Å². The first kappa shape index (κ1) is 14.7. The van der Waals surface area contributed by atoms with E-state index >= 15 is 0 Å². The van der Waals surface area contributed by atoms with E-state index in [1.807, 2.05) is 12.1 Å². The smallest absolute Gasteiger partial charge is 0.123 e. The highest BCUT2D eigenvalue weighted by Crippen LogP contribution is 2.38. The molecular weight excluding hydrogens is 329 g/mol. The predicted molar refractivity (Wildman–Crippen MR) is 87.9 cm³/mol. The third-order valence-electron chi connectivity index (χ3n) is 4.31. The summed E-state index contributed by atoms with van der Waals surface area (Å²) in [6.45, 7) is 2.14. The van der Waals surface area contributed by atoms with Crippen molar-refractivity contribution in [3.05, 3.63) is 69.9 Å². The standard InChI is InChI=1S/C18H19BrFN/c1-12(13-5-7-17(20)8-6-13)21-18-10-15(11-18)14-3-2-4-16(19)9-14/h2-9,12,15,18,21H,10-11H2,1H3/t12-,15?,18?/m0/s1. The number of hydrogen-bond acceptors (Lipinski definition) is 1. The van der Waals surface area contributed by atoms with Gasteiger partial charge in [-0.05, 0) is 61.1 Å². The van der Waals surface area contributed by atoms with Gasteiger partial charge in [0.1, 0.15) is 5.82 Å². The van der Waals surface area contributed by atoms with E-state index in [0.29, 0.717) is 12.0 Å². The monoisotopic (exact) mass is 347 g/mol. The summed E-state index contributed by atoms with van der Waals surface area (Å²) in [4.78, 5) is 0. The van der Waals surface area contributed by atoms with Crippen molar-refractivity contribution in [2.24, 2.45) is 0 Å².